The van der Waals surface area contributed by atoms with E-state index in [0.717, 1.165) is 22.7 Å². The van der Waals surface area contributed by atoms with Crippen LogP contribution in [-0.2, 0) is 14.8 Å². The Balaban J connectivity index is 1.93. The largest absolute Gasteiger partial charge is 0.352 e. The molecule has 6 heteroatoms. The van der Waals surface area contributed by atoms with Crippen LogP contribution in [0, 0.1) is 6.92 Å². The maximum Gasteiger partial charge on any atom is 0.264 e. The Morgan fingerprint density at radius 1 is 1.08 bits per heavy atom. The van der Waals surface area contributed by atoms with Crippen LogP contribution >= 0.6 is 0 Å². The maximum absolute atomic E-state index is 13.0. The predicted molar refractivity (Wildman–Crippen MR) is 93.3 cm³/mol. The van der Waals surface area contributed by atoms with Crippen LogP contribution in [0.1, 0.15) is 18.4 Å². The number of para-hydroxylation sites is 1. The molecule has 5 nitrogen and oxygen atoms in total. The van der Waals surface area contributed by atoms with Crippen LogP contribution in [-0.4, -0.2) is 26.9 Å². The minimum Gasteiger partial charge on any atom is -0.352 e. The van der Waals surface area contributed by atoms with Crippen molar-refractivity contribution in [3.63, 3.8) is 0 Å². The molecule has 1 fully saturated rings. The number of hydrogen-bond donors (Lipinski definition) is 1. The summed E-state index contributed by atoms with van der Waals surface area (Å²) in [5, 5.41) is 2.84. The summed E-state index contributed by atoms with van der Waals surface area (Å²) < 4.78 is 27.2. The van der Waals surface area contributed by atoms with Crippen LogP contribution in [0.5, 0.6) is 0 Å². The average Bonchev–Trinajstić information content (AvgIpc) is 3.37. The molecule has 1 amide bonds. The summed E-state index contributed by atoms with van der Waals surface area (Å²) in [7, 11) is -3.81. The first-order valence-electron chi connectivity index (χ1n) is 7.90. The second-order valence-electron chi connectivity index (χ2n) is 6.00. The molecule has 0 bridgehead atoms. The molecule has 1 N–H and O–H groups in total. The van der Waals surface area contributed by atoms with Gasteiger partial charge in [0.2, 0.25) is 5.91 Å². The highest BCUT2D eigenvalue weighted by Crippen LogP contribution is 2.24. The first-order valence-corrected chi connectivity index (χ1v) is 9.34. The first-order chi connectivity index (χ1) is 11.5. The Labute approximate surface area is 142 Å². The van der Waals surface area contributed by atoms with Crippen LogP contribution in [0.15, 0.2) is 59.5 Å². The summed E-state index contributed by atoms with van der Waals surface area (Å²) in [5.41, 5.74) is 1.45. The molecule has 2 aromatic carbocycles. The molecule has 0 aromatic heterocycles. The van der Waals surface area contributed by atoms with Crippen molar-refractivity contribution in [2.24, 2.45) is 0 Å². The summed E-state index contributed by atoms with van der Waals surface area (Å²) in [6.45, 7) is 1.67. The van der Waals surface area contributed by atoms with E-state index in [4.69, 9.17) is 0 Å². The van der Waals surface area contributed by atoms with Gasteiger partial charge in [-0.05, 0) is 44.0 Å². The van der Waals surface area contributed by atoms with E-state index in [1.54, 1.807) is 48.5 Å². The van der Waals surface area contributed by atoms with Gasteiger partial charge in [0.05, 0.1) is 10.6 Å². The van der Waals surface area contributed by atoms with Gasteiger partial charge >= 0.3 is 0 Å². The number of nitrogens with one attached hydrogen (secondary N) is 1. The van der Waals surface area contributed by atoms with E-state index in [-0.39, 0.29) is 23.4 Å². The quantitative estimate of drug-likeness (QED) is 0.875. The number of sulfonamides is 1. The number of aryl methyl sites for hydroxylation is 1. The number of anilines is 1. The van der Waals surface area contributed by atoms with Crippen molar-refractivity contribution in [2.45, 2.75) is 30.7 Å². The number of hydrogen-bond acceptors (Lipinski definition) is 3. The lowest BCUT2D eigenvalue weighted by atomic mass is 10.2. The van der Waals surface area contributed by atoms with Gasteiger partial charge in [-0.3, -0.25) is 9.10 Å². The zero-order valence-corrected chi connectivity index (χ0v) is 14.3. The third kappa shape index (κ3) is 3.76. The van der Waals surface area contributed by atoms with Crippen LogP contribution < -0.4 is 9.62 Å². The average molecular weight is 344 g/mol. The van der Waals surface area contributed by atoms with Crippen LogP contribution in [0.2, 0.25) is 0 Å². The standard InChI is InChI=1S/C18H20N2O3S/c1-14-7-11-17(12-8-14)24(22,23)20(16-5-3-2-4-6-16)13-18(21)19-15-9-10-15/h2-8,11-12,15H,9-10,13H2,1H3,(H,19,21). The monoisotopic (exact) mass is 344 g/mol. The van der Waals surface area contributed by atoms with Gasteiger partial charge in [-0.25, -0.2) is 8.42 Å². The Kier molecular flexibility index (Phi) is 4.57. The molecule has 1 saturated carbocycles. The number of benzene rings is 2. The second-order valence-corrected chi connectivity index (χ2v) is 7.86. The van der Waals surface area contributed by atoms with Gasteiger partial charge in [-0.1, -0.05) is 35.9 Å². The lowest BCUT2D eigenvalue weighted by molar-refractivity contribution is -0.119. The van der Waals surface area contributed by atoms with Gasteiger partial charge in [0.1, 0.15) is 6.54 Å². The van der Waals surface area contributed by atoms with E-state index >= 15 is 0 Å². The zero-order chi connectivity index (χ0) is 17.2. The highest BCUT2D eigenvalue weighted by atomic mass is 32.2. The van der Waals surface area contributed by atoms with Crippen molar-refractivity contribution in [3.8, 4) is 0 Å². The van der Waals surface area contributed by atoms with Crippen molar-refractivity contribution < 1.29 is 13.2 Å². The van der Waals surface area contributed by atoms with Crippen molar-refractivity contribution in [3.05, 3.63) is 60.2 Å². The Bertz CT molecular complexity index is 813. The molecule has 3 rings (SSSR count). The molecule has 1 aliphatic carbocycles. The van der Waals surface area contributed by atoms with Gasteiger partial charge in [-0.2, -0.15) is 0 Å². The molecule has 0 atom stereocenters. The van der Waals surface area contributed by atoms with E-state index in [2.05, 4.69) is 5.32 Å². The molecule has 2 aromatic rings. The third-order valence-corrected chi connectivity index (χ3v) is 5.67. The second kappa shape index (κ2) is 6.65. The zero-order valence-electron chi connectivity index (χ0n) is 13.5. The fourth-order valence-corrected chi connectivity index (χ4v) is 3.80. The molecule has 126 valence electrons. The van der Waals surface area contributed by atoms with Crippen LogP contribution in [0.25, 0.3) is 0 Å². The fraction of sp³-hybridized carbons (Fsp3) is 0.278. The highest BCUT2D eigenvalue weighted by molar-refractivity contribution is 7.92. The fourth-order valence-electron chi connectivity index (χ4n) is 2.38. The van der Waals surface area contributed by atoms with Crippen molar-refractivity contribution in [1.29, 1.82) is 0 Å². The Morgan fingerprint density at radius 3 is 2.29 bits per heavy atom. The summed E-state index contributed by atoms with van der Waals surface area (Å²) in [6.07, 6.45) is 1.92. The molecule has 0 unspecified atom stereocenters. The van der Waals surface area contributed by atoms with Gasteiger partial charge in [0, 0.05) is 6.04 Å². The smallest absolute Gasteiger partial charge is 0.264 e. The van der Waals surface area contributed by atoms with Crippen LogP contribution in [0.4, 0.5) is 5.69 Å². The number of rotatable bonds is 6. The van der Waals surface area contributed by atoms with Gasteiger partial charge in [0.15, 0.2) is 0 Å². The van der Waals surface area contributed by atoms with Crippen LogP contribution in [0.3, 0.4) is 0 Å². The van der Waals surface area contributed by atoms with E-state index in [9.17, 15) is 13.2 Å². The Morgan fingerprint density at radius 2 is 1.71 bits per heavy atom. The molecule has 0 radical (unpaired) electrons. The molecule has 0 aliphatic heterocycles. The van der Waals surface area contributed by atoms with Crippen molar-refractivity contribution in [2.75, 3.05) is 10.8 Å². The first kappa shape index (κ1) is 16.5. The molecule has 1 aliphatic rings. The minimum absolute atomic E-state index is 0.177. The molecular weight excluding hydrogens is 324 g/mol. The molecular formula is C18H20N2O3S. The molecule has 0 saturated heterocycles. The lowest BCUT2D eigenvalue weighted by Crippen LogP contribution is -2.41. The van der Waals surface area contributed by atoms with Gasteiger partial charge in [-0.15, -0.1) is 0 Å². The van der Waals surface area contributed by atoms with Crippen molar-refractivity contribution >= 4 is 21.6 Å². The number of carbonyl (C=O) groups is 1. The normalized spacial score (nSPS) is 14.2. The van der Waals surface area contributed by atoms with E-state index in [1.165, 1.54) is 0 Å². The van der Waals surface area contributed by atoms with E-state index < -0.39 is 10.0 Å². The highest BCUT2D eigenvalue weighted by Gasteiger charge is 2.29. The Hall–Kier alpha value is -2.34. The minimum atomic E-state index is -3.81. The number of carbonyl (C=O) groups excluding carboxylic acids is 1. The number of amides is 1. The molecule has 0 spiro atoms. The summed E-state index contributed by atoms with van der Waals surface area (Å²) in [5.74, 6) is -0.281. The van der Waals surface area contributed by atoms with Gasteiger partial charge in [0.25, 0.3) is 10.0 Å². The van der Waals surface area contributed by atoms with Crippen molar-refractivity contribution in [1.82, 2.24) is 5.32 Å². The lowest BCUT2D eigenvalue weighted by Gasteiger charge is -2.24. The number of nitrogens with zero attached hydrogens (tertiary/aromatic N) is 1. The predicted octanol–water partition coefficient (Wildman–Crippen LogP) is 2.47. The molecule has 24 heavy (non-hydrogen) atoms. The van der Waals surface area contributed by atoms with E-state index in [1.807, 2.05) is 13.0 Å². The SMILES string of the molecule is Cc1ccc(S(=O)(=O)N(CC(=O)NC2CC2)c2ccccc2)cc1. The topological polar surface area (TPSA) is 66.5 Å². The summed E-state index contributed by atoms with van der Waals surface area (Å²) in [4.78, 5) is 12.4. The molecule has 0 heterocycles. The van der Waals surface area contributed by atoms with Gasteiger partial charge < -0.3 is 5.32 Å². The summed E-state index contributed by atoms with van der Waals surface area (Å²) in [6, 6.07) is 15.5. The van der Waals surface area contributed by atoms with E-state index in [0.29, 0.717) is 5.69 Å². The third-order valence-electron chi connectivity index (χ3n) is 3.88. The maximum atomic E-state index is 13.0. The summed E-state index contributed by atoms with van der Waals surface area (Å²) >= 11 is 0.